The molecule has 1 heteroatoms. The summed E-state index contributed by atoms with van der Waals surface area (Å²) in [6.07, 6.45) is 0. The van der Waals surface area contributed by atoms with Gasteiger partial charge >= 0.3 is 151 Å². The molecule has 0 nitrogen and oxygen atoms in total. The summed E-state index contributed by atoms with van der Waals surface area (Å²) in [5.74, 6) is 0. The van der Waals surface area contributed by atoms with Crippen molar-refractivity contribution in [1.29, 1.82) is 0 Å². The van der Waals surface area contributed by atoms with Crippen LogP contribution in [-0.2, 0) is 0 Å². The van der Waals surface area contributed by atoms with Gasteiger partial charge in [-0.15, -0.1) is 0 Å². The summed E-state index contributed by atoms with van der Waals surface area (Å²) >= 11 is -2.92. The van der Waals surface area contributed by atoms with Crippen molar-refractivity contribution < 1.29 is 0 Å². The third-order valence-corrected chi connectivity index (χ3v) is 15.6. The topological polar surface area (TPSA) is 0 Å². The van der Waals surface area contributed by atoms with Gasteiger partial charge in [0.1, 0.15) is 0 Å². The summed E-state index contributed by atoms with van der Waals surface area (Å²) in [6.45, 7) is 0. The molecule has 0 aliphatic carbocycles. The second kappa shape index (κ2) is 5.75. The van der Waals surface area contributed by atoms with Crippen LogP contribution in [0.15, 0.2) is 109 Å². The number of benzene rings is 4. The number of hydrogen-bond acceptors (Lipinski definition) is 0. The molecule has 0 spiro atoms. The Morgan fingerprint density at radius 2 is 0.720 bits per heavy atom. The first-order valence-corrected chi connectivity index (χ1v) is 12.9. The Morgan fingerprint density at radius 1 is 0.360 bits per heavy atom. The molecule has 4 aromatic rings. The maximum absolute atomic E-state index is 2.92. The Kier molecular flexibility index (Phi) is 3.39. The SMILES string of the molecule is c1cc[c]([Ge]2([c]3ccccc3)[c]3ccccc3-c3cccc[c]32)cc1. The molecule has 25 heavy (non-hydrogen) atoms. The Balaban J connectivity index is 1.98. The summed E-state index contributed by atoms with van der Waals surface area (Å²) in [6, 6.07) is 40.4. The summed E-state index contributed by atoms with van der Waals surface area (Å²) in [5.41, 5.74) is 2.84. The fourth-order valence-electron chi connectivity index (χ4n) is 4.40. The van der Waals surface area contributed by atoms with Gasteiger partial charge in [-0.3, -0.25) is 0 Å². The predicted octanol–water partition coefficient (Wildman–Crippen LogP) is 3.04. The third-order valence-electron chi connectivity index (χ3n) is 5.37. The maximum atomic E-state index is 2.37. The monoisotopic (exact) mass is 380 g/mol. The van der Waals surface area contributed by atoms with Crippen molar-refractivity contribution in [3.63, 3.8) is 0 Å². The van der Waals surface area contributed by atoms with E-state index in [2.05, 4.69) is 109 Å². The first kappa shape index (κ1) is 14.7. The van der Waals surface area contributed by atoms with Crippen LogP contribution in [0, 0.1) is 0 Å². The molecule has 1 heterocycles. The van der Waals surface area contributed by atoms with Crippen molar-refractivity contribution in [3.8, 4) is 11.1 Å². The average molecular weight is 379 g/mol. The van der Waals surface area contributed by atoms with Crippen LogP contribution in [0.3, 0.4) is 0 Å². The molecule has 0 bridgehead atoms. The Bertz CT molecular complexity index is 949. The zero-order chi connectivity index (χ0) is 16.7. The minimum atomic E-state index is -2.92. The van der Waals surface area contributed by atoms with E-state index in [4.69, 9.17) is 0 Å². The van der Waals surface area contributed by atoms with Gasteiger partial charge in [-0.2, -0.15) is 0 Å². The van der Waals surface area contributed by atoms with Crippen LogP contribution in [0.25, 0.3) is 11.1 Å². The summed E-state index contributed by atoms with van der Waals surface area (Å²) < 4.78 is 6.12. The fraction of sp³-hybridized carbons (Fsp3) is 0. The molecule has 5 rings (SSSR count). The van der Waals surface area contributed by atoms with E-state index in [0.717, 1.165) is 0 Å². The Labute approximate surface area is 151 Å². The van der Waals surface area contributed by atoms with E-state index in [1.807, 2.05) is 0 Å². The first-order chi connectivity index (χ1) is 12.4. The van der Waals surface area contributed by atoms with Gasteiger partial charge in [-0.05, 0) is 0 Å². The molecule has 0 N–H and O–H groups in total. The third kappa shape index (κ3) is 2.01. The average Bonchev–Trinajstić information content (AvgIpc) is 3.01. The van der Waals surface area contributed by atoms with Crippen molar-refractivity contribution in [1.82, 2.24) is 0 Å². The Hall–Kier alpha value is -2.58. The quantitative estimate of drug-likeness (QED) is 0.414. The fourth-order valence-corrected chi connectivity index (χ4v) is 15.3. The van der Waals surface area contributed by atoms with Crippen molar-refractivity contribution in [3.05, 3.63) is 109 Å². The van der Waals surface area contributed by atoms with Gasteiger partial charge < -0.3 is 0 Å². The molecule has 0 fully saturated rings. The van der Waals surface area contributed by atoms with E-state index in [0.29, 0.717) is 0 Å². The zero-order valence-corrected chi connectivity index (χ0v) is 16.0. The van der Waals surface area contributed by atoms with E-state index in [1.165, 1.54) is 19.9 Å². The molecule has 0 saturated carbocycles. The van der Waals surface area contributed by atoms with Crippen molar-refractivity contribution in [2.24, 2.45) is 0 Å². The molecular weight excluding hydrogens is 361 g/mol. The number of rotatable bonds is 2. The second-order valence-corrected chi connectivity index (χ2v) is 14.4. The minimum absolute atomic E-state index is 1.42. The second-order valence-electron chi connectivity index (χ2n) is 6.57. The molecule has 118 valence electrons. The molecule has 1 aliphatic rings. The molecular formula is C24H18Ge. The van der Waals surface area contributed by atoms with E-state index >= 15 is 0 Å². The zero-order valence-electron chi connectivity index (χ0n) is 13.9. The molecule has 0 saturated heterocycles. The summed E-state index contributed by atoms with van der Waals surface area (Å²) in [7, 11) is 0. The molecule has 0 aromatic heterocycles. The number of hydrogen-bond donors (Lipinski definition) is 0. The van der Waals surface area contributed by atoms with E-state index in [1.54, 1.807) is 8.79 Å². The van der Waals surface area contributed by atoms with Gasteiger partial charge in [-0.1, -0.05) is 0 Å². The van der Waals surface area contributed by atoms with Crippen LogP contribution in [0.1, 0.15) is 0 Å². The molecule has 0 amide bonds. The summed E-state index contributed by atoms with van der Waals surface area (Å²) in [4.78, 5) is 0. The van der Waals surface area contributed by atoms with Gasteiger partial charge in [0.25, 0.3) is 0 Å². The van der Waals surface area contributed by atoms with Crippen LogP contribution < -0.4 is 17.6 Å². The molecule has 0 radical (unpaired) electrons. The van der Waals surface area contributed by atoms with E-state index in [-0.39, 0.29) is 0 Å². The normalized spacial score (nSPS) is 13.9. The van der Waals surface area contributed by atoms with Crippen LogP contribution >= 0.6 is 0 Å². The molecule has 0 atom stereocenters. The first-order valence-electron chi connectivity index (χ1n) is 8.73. The van der Waals surface area contributed by atoms with Gasteiger partial charge in [0.15, 0.2) is 0 Å². The van der Waals surface area contributed by atoms with E-state index < -0.39 is 13.3 Å². The van der Waals surface area contributed by atoms with E-state index in [9.17, 15) is 0 Å². The predicted molar refractivity (Wildman–Crippen MR) is 109 cm³/mol. The van der Waals surface area contributed by atoms with Crippen LogP contribution in [-0.4, -0.2) is 13.3 Å². The van der Waals surface area contributed by atoms with Gasteiger partial charge in [0.2, 0.25) is 0 Å². The van der Waals surface area contributed by atoms with Gasteiger partial charge in [0.05, 0.1) is 0 Å². The Morgan fingerprint density at radius 3 is 1.16 bits per heavy atom. The molecule has 4 aromatic carbocycles. The van der Waals surface area contributed by atoms with Crippen LogP contribution in [0.5, 0.6) is 0 Å². The standard InChI is InChI=1S/C24H18Ge/c1-3-11-19(12-4-1)25(20-13-5-2-6-14-20)23-17-9-7-15-21(23)22-16-8-10-18-24(22)25/h1-18H. The van der Waals surface area contributed by atoms with Gasteiger partial charge in [0, 0.05) is 0 Å². The molecule has 0 unspecified atom stereocenters. The van der Waals surface area contributed by atoms with Gasteiger partial charge in [-0.25, -0.2) is 0 Å². The summed E-state index contributed by atoms with van der Waals surface area (Å²) in [5, 5.41) is 0. The molecule has 1 aliphatic heterocycles. The van der Waals surface area contributed by atoms with Crippen molar-refractivity contribution >= 4 is 30.8 Å². The van der Waals surface area contributed by atoms with Crippen LogP contribution in [0.2, 0.25) is 0 Å². The van der Waals surface area contributed by atoms with Crippen LogP contribution in [0.4, 0.5) is 0 Å². The van der Waals surface area contributed by atoms with Crippen molar-refractivity contribution in [2.75, 3.05) is 0 Å². The number of fused-ring (bicyclic) bond motifs is 3. The van der Waals surface area contributed by atoms with Crippen molar-refractivity contribution in [2.45, 2.75) is 0 Å².